The predicted molar refractivity (Wildman–Crippen MR) is 68.9 cm³/mol. The smallest absolute Gasteiger partial charge is 0.365 e. The Hall–Kier alpha value is -1.84. The Labute approximate surface area is 107 Å². The molecule has 0 atom stereocenters. The topological polar surface area (TPSA) is 47.9 Å². The fourth-order valence-corrected chi connectivity index (χ4v) is 1.94. The Morgan fingerprint density at radius 3 is 2.39 bits per heavy atom. The van der Waals surface area contributed by atoms with Gasteiger partial charge in [-0.3, -0.25) is 0 Å². The number of benzene rings is 1. The zero-order valence-electron chi connectivity index (χ0n) is 10.5. The van der Waals surface area contributed by atoms with Gasteiger partial charge in [-0.25, -0.2) is 4.79 Å². The van der Waals surface area contributed by atoms with Crippen LogP contribution < -0.4 is 4.74 Å². The lowest BCUT2D eigenvalue weighted by Gasteiger charge is -2.10. The molecule has 0 radical (unpaired) electrons. The molecule has 1 aromatic carbocycles. The lowest BCUT2D eigenvalue weighted by Crippen LogP contribution is -2.08. The molecular formula is C14H17NO3. The van der Waals surface area contributed by atoms with Crippen LogP contribution in [0.25, 0.3) is 0 Å². The third kappa shape index (κ3) is 3.32. The number of hydrogen-bond donors (Lipinski definition) is 0. The molecule has 1 aromatic rings. The summed E-state index contributed by atoms with van der Waals surface area (Å²) >= 11 is 0. The van der Waals surface area contributed by atoms with E-state index in [1.54, 1.807) is 31.4 Å². The SMILES string of the molecule is COc1ccc(C(=O)ON=C2CCCCC2)cc1. The lowest BCUT2D eigenvalue weighted by atomic mass is 9.99. The molecule has 0 spiro atoms. The lowest BCUT2D eigenvalue weighted by molar-refractivity contribution is 0.0513. The summed E-state index contributed by atoms with van der Waals surface area (Å²) in [6.45, 7) is 0. The number of carbonyl (C=O) groups is 1. The average Bonchev–Trinajstić information content (AvgIpc) is 2.46. The van der Waals surface area contributed by atoms with Crippen molar-refractivity contribution in [2.24, 2.45) is 5.16 Å². The minimum Gasteiger partial charge on any atom is -0.497 e. The molecule has 0 aromatic heterocycles. The van der Waals surface area contributed by atoms with Crippen LogP contribution in [0.1, 0.15) is 42.5 Å². The molecule has 1 saturated carbocycles. The fourth-order valence-electron chi connectivity index (χ4n) is 1.94. The number of nitrogens with zero attached hydrogens (tertiary/aromatic N) is 1. The van der Waals surface area contributed by atoms with Gasteiger partial charge >= 0.3 is 5.97 Å². The second kappa shape index (κ2) is 6.19. The van der Waals surface area contributed by atoms with Crippen molar-refractivity contribution >= 4 is 11.7 Å². The first-order valence-electron chi connectivity index (χ1n) is 6.21. The Balaban J connectivity index is 1.94. The van der Waals surface area contributed by atoms with Crippen LogP contribution in [-0.2, 0) is 4.84 Å². The minimum absolute atomic E-state index is 0.421. The van der Waals surface area contributed by atoms with Crippen molar-refractivity contribution in [3.63, 3.8) is 0 Å². The zero-order valence-corrected chi connectivity index (χ0v) is 10.5. The molecule has 18 heavy (non-hydrogen) atoms. The second-order valence-corrected chi connectivity index (χ2v) is 4.33. The summed E-state index contributed by atoms with van der Waals surface area (Å²) in [5.74, 6) is 0.292. The van der Waals surface area contributed by atoms with Gasteiger partial charge < -0.3 is 9.57 Å². The highest BCUT2D eigenvalue weighted by Gasteiger charge is 2.10. The normalized spacial score (nSPS) is 15.1. The first kappa shape index (κ1) is 12.6. The maximum absolute atomic E-state index is 11.7. The molecular weight excluding hydrogens is 230 g/mol. The molecule has 0 unspecified atom stereocenters. The summed E-state index contributed by atoms with van der Waals surface area (Å²) < 4.78 is 5.02. The monoisotopic (exact) mass is 247 g/mol. The molecule has 96 valence electrons. The van der Waals surface area contributed by atoms with Crippen LogP contribution in [0.5, 0.6) is 5.75 Å². The maximum atomic E-state index is 11.7. The van der Waals surface area contributed by atoms with E-state index in [1.807, 2.05) is 0 Å². The zero-order chi connectivity index (χ0) is 12.8. The van der Waals surface area contributed by atoms with Crippen molar-refractivity contribution in [2.45, 2.75) is 32.1 Å². The number of carbonyl (C=O) groups excluding carboxylic acids is 1. The quantitative estimate of drug-likeness (QED) is 0.609. The number of oxime groups is 1. The standard InChI is InChI=1S/C14H17NO3/c1-17-13-9-7-11(8-10-13)14(16)18-15-12-5-3-2-4-6-12/h7-10H,2-6H2,1H3. The largest absolute Gasteiger partial charge is 0.497 e. The van der Waals surface area contributed by atoms with Gasteiger partial charge in [-0.1, -0.05) is 11.6 Å². The van der Waals surface area contributed by atoms with Gasteiger partial charge in [0, 0.05) is 0 Å². The summed E-state index contributed by atoms with van der Waals surface area (Å²) in [6, 6.07) is 6.79. The Morgan fingerprint density at radius 2 is 1.78 bits per heavy atom. The number of rotatable bonds is 3. The molecule has 0 aliphatic heterocycles. The summed E-state index contributed by atoms with van der Waals surface area (Å²) in [5.41, 5.74) is 1.47. The third-order valence-corrected chi connectivity index (χ3v) is 3.01. The maximum Gasteiger partial charge on any atom is 0.365 e. The summed E-state index contributed by atoms with van der Waals surface area (Å²) in [5, 5.41) is 3.94. The highest BCUT2D eigenvalue weighted by molar-refractivity contribution is 5.91. The molecule has 4 nitrogen and oxygen atoms in total. The van der Waals surface area contributed by atoms with Crippen molar-refractivity contribution in [1.82, 2.24) is 0 Å². The van der Waals surface area contributed by atoms with E-state index < -0.39 is 5.97 Å². The van der Waals surface area contributed by atoms with Crippen LogP contribution in [0, 0.1) is 0 Å². The van der Waals surface area contributed by atoms with E-state index in [-0.39, 0.29) is 0 Å². The van der Waals surface area contributed by atoms with Crippen molar-refractivity contribution < 1.29 is 14.4 Å². The van der Waals surface area contributed by atoms with E-state index in [0.29, 0.717) is 11.3 Å². The van der Waals surface area contributed by atoms with Crippen LogP contribution in [0.2, 0.25) is 0 Å². The van der Waals surface area contributed by atoms with Gasteiger partial charge in [0.15, 0.2) is 0 Å². The molecule has 1 aliphatic carbocycles. The van der Waals surface area contributed by atoms with Gasteiger partial charge in [0.25, 0.3) is 0 Å². The first-order chi connectivity index (χ1) is 8.79. The van der Waals surface area contributed by atoms with Gasteiger partial charge in [-0.2, -0.15) is 0 Å². The van der Waals surface area contributed by atoms with E-state index >= 15 is 0 Å². The molecule has 0 N–H and O–H groups in total. The molecule has 0 bridgehead atoms. The Bertz CT molecular complexity index is 429. The van der Waals surface area contributed by atoms with Gasteiger partial charge in [0.1, 0.15) is 5.75 Å². The highest BCUT2D eigenvalue weighted by atomic mass is 16.7. The fraction of sp³-hybridized carbons (Fsp3) is 0.429. The molecule has 2 rings (SSSR count). The van der Waals surface area contributed by atoms with Crippen molar-refractivity contribution in [2.75, 3.05) is 7.11 Å². The molecule has 1 aliphatic rings. The van der Waals surface area contributed by atoms with E-state index in [4.69, 9.17) is 9.57 Å². The van der Waals surface area contributed by atoms with E-state index in [9.17, 15) is 4.79 Å². The predicted octanol–water partition coefficient (Wildman–Crippen LogP) is 3.17. The molecule has 0 saturated heterocycles. The van der Waals surface area contributed by atoms with E-state index in [1.165, 1.54) is 6.42 Å². The van der Waals surface area contributed by atoms with Crippen molar-refractivity contribution in [3.05, 3.63) is 29.8 Å². The highest BCUT2D eigenvalue weighted by Crippen LogP contribution is 2.16. The minimum atomic E-state index is -0.421. The summed E-state index contributed by atoms with van der Waals surface area (Å²) in [6.07, 6.45) is 5.40. The van der Waals surface area contributed by atoms with Gasteiger partial charge in [0.2, 0.25) is 0 Å². The first-order valence-corrected chi connectivity index (χ1v) is 6.21. The van der Waals surface area contributed by atoms with E-state index in [2.05, 4.69) is 5.16 Å². The number of hydrogen-bond acceptors (Lipinski definition) is 4. The van der Waals surface area contributed by atoms with Crippen LogP contribution in [-0.4, -0.2) is 18.8 Å². The van der Waals surface area contributed by atoms with Gasteiger partial charge in [0.05, 0.1) is 18.4 Å². The van der Waals surface area contributed by atoms with Gasteiger partial charge in [-0.05, 0) is 49.9 Å². The third-order valence-electron chi connectivity index (χ3n) is 3.01. The van der Waals surface area contributed by atoms with Crippen LogP contribution in [0.4, 0.5) is 0 Å². The average molecular weight is 247 g/mol. The Morgan fingerprint density at radius 1 is 1.11 bits per heavy atom. The van der Waals surface area contributed by atoms with Crippen molar-refractivity contribution in [1.29, 1.82) is 0 Å². The summed E-state index contributed by atoms with van der Waals surface area (Å²) in [7, 11) is 1.59. The molecule has 0 heterocycles. The second-order valence-electron chi connectivity index (χ2n) is 4.33. The van der Waals surface area contributed by atoms with E-state index in [0.717, 1.165) is 31.4 Å². The molecule has 1 fully saturated rings. The number of ether oxygens (including phenoxy) is 1. The molecule has 0 amide bonds. The van der Waals surface area contributed by atoms with Crippen molar-refractivity contribution in [3.8, 4) is 5.75 Å². The summed E-state index contributed by atoms with van der Waals surface area (Å²) in [4.78, 5) is 16.7. The number of methoxy groups -OCH3 is 1. The van der Waals surface area contributed by atoms with Crippen LogP contribution >= 0.6 is 0 Å². The van der Waals surface area contributed by atoms with Gasteiger partial charge in [-0.15, -0.1) is 0 Å². The Kier molecular flexibility index (Phi) is 4.34. The molecule has 4 heteroatoms. The van der Waals surface area contributed by atoms with Crippen LogP contribution in [0.3, 0.4) is 0 Å². The van der Waals surface area contributed by atoms with Crippen LogP contribution in [0.15, 0.2) is 29.4 Å².